The van der Waals surface area contributed by atoms with Crippen LogP contribution in [0.15, 0.2) is 0 Å². The fourth-order valence-corrected chi connectivity index (χ4v) is 5.06. The quantitative estimate of drug-likeness (QED) is 0.831. The predicted octanol–water partition coefficient (Wildman–Crippen LogP) is 3.22. The highest BCUT2D eigenvalue weighted by molar-refractivity contribution is 5.12. The lowest BCUT2D eigenvalue weighted by Crippen LogP contribution is -2.54. The Kier molecular flexibility index (Phi) is 3.02. The first kappa shape index (κ1) is 12.9. The number of hydrogen-bond donors (Lipinski definition) is 1. The van der Waals surface area contributed by atoms with Crippen molar-refractivity contribution in [1.82, 2.24) is 5.32 Å². The third-order valence-corrected chi connectivity index (χ3v) is 6.37. The molecule has 3 aliphatic rings. The van der Waals surface area contributed by atoms with Gasteiger partial charge < -0.3 is 10.1 Å². The molecule has 1 N–H and O–H groups in total. The second kappa shape index (κ2) is 4.21. The molecular weight excluding hydrogens is 222 g/mol. The van der Waals surface area contributed by atoms with Gasteiger partial charge in [0.15, 0.2) is 0 Å². The van der Waals surface area contributed by atoms with Crippen LogP contribution in [0.25, 0.3) is 0 Å². The molecule has 2 aliphatic carbocycles. The molecule has 0 amide bonds. The summed E-state index contributed by atoms with van der Waals surface area (Å²) in [4.78, 5) is 0. The van der Waals surface area contributed by atoms with Crippen LogP contribution in [0.5, 0.6) is 0 Å². The maximum atomic E-state index is 5.54. The molecule has 1 aliphatic heterocycles. The molecule has 0 spiro atoms. The number of fused-ring (bicyclic) bond motifs is 2. The Labute approximate surface area is 112 Å². The van der Waals surface area contributed by atoms with Gasteiger partial charge in [-0.1, -0.05) is 20.8 Å². The monoisotopic (exact) mass is 251 g/mol. The Bertz CT molecular complexity index is 316. The molecule has 1 heterocycles. The van der Waals surface area contributed by atoms with Crippen molar-refractivity contribution >= 4 is 0 Å². The van der Waals surface area contributed by atoms with Crippen molar-refractivity contribution in [3.8, 4) is 0 Å². The summed E-state index contributed by atoms with van der Waals surface area (Å²) in [6.45, 7) is 11.8. The van der Waals surface area contributed by atoms with Gasteiger partial charge in [0, 0.05) is 18.7 Å². The summed E-state index contributed by atoms with van der Waals surface area (Å²) >= 11 is 0. The van der Waals surface area contributed by atoms with Crippen LogP contribution in [0.2, 0.25) is 0 Å². The lowest BCUT2D eigenvalue weighted by Gasteiger charge is -2.45. The fourth-order valence-electron chi connectivity index (χ4n) is 5.06. The van der Waals surface area contributed by atoms with Crippen LogP contribution in [0, 0.1) is 22.7 Å². The molecule has 0 aromatic rings. The molecule has 2 heteroatoms. The van der Waals surface area contributed by atoms with E-state index in [9.17, 15) is 0 Å². The van der Waals surface area contributed by atoms with Crippen molar-refractivity contribution in [3.05, 3.63) is 0 Å². The van der Waals surface area contributed by atoms with Gasteiger partial charge in [-0.05, 0) is 55.3 Å². The van der Waals surface area contributed by atoms with Gasteiger partial charge in [-0.2, -0.15) is 0 Å². The van der Waals surface area contributed by atoms with Crippen LogP contribution >= 0.6 is 0 Å². The minimum atomic E-state index is 0.473. The zero-order valence-electron chi connectivity index (χ0n) is 12.5. The van der Waals surface area contributed by atoms with E-state index in [0.29, 0.717) is 22.9 Å². The molecule has 5 atom stereocenters. The first-order valence-corrected chi connectivity index (χ1v) is 7.77. The lowest BCUT2D eigenvalue weighted by atomic mass is 9.68. The predicted molar refractivity (Wildman–Crippen MR) is 74.5 cm³/mol. The van der Waals surface area contributed by atoms with Gasteiger partial charge in [0.25, 0.3) is 0 Å². The summed E-state index contributed by atoms with van der Waals surface area (Å²) in [5.41, 5.74) is 1.02. The third kappa shape index (κ3) is 1.84. The van der Waals surface area contributed by atoms with E-state index in [4.69, 9.17) is 4.74 Å². The molecule has 3 fully saturated rings. The molecule has 2 nitrogen and oxygen atoms in total. The molecule has 2 saturated carbocycles. The van der Waals surface area contributed by atoms with E-state index < -0.39 is 0 Å². The lowest BCUT2D eigenvalue weighted by molar-refractivity contribution is 0.0890. The SMILES string of the molecule is CC(NC1C(C)(C)[C@H]2CC[C@]1(C)C2)C1CCOC1. The minimum Gasteiger partial charge on any atom is -0.381 e. The second-order valence-electron chi connectivity index (χ2n) is 7.93. The summed E-state index contributed by atoms with van der Waals surface area (Å²) in [5.74, 6) is 1.66. The van der Waals surface area contributed by atoms with Gasteiger partial charge >= 0.3 is 0 Å². The van der Waals surface area contributed by atoms with Gasteiger partial charge in [-0.3, -0.25) is 0 Å². The summed E-state index contributed by atoms with van der Waals surface area (Å²) in [6, 6.07) is 1.30. The molecule has 3 unspecified atom stereocenters. The Morgan fingerprint density at radius 1 is 1.22 bits per heavy atom. The van der Waals surface area contributed by atoms with E-state index in [1.165, 1.54) is 25.7 Å². The molecular formula is C16H29NO. The zero-order chi connectivity index (χ0) is 13.0. The highest BCUT2D eigenvalue weighted by Crippen LogP contribution is 2.62. The Balaban J connectivity index is 1.71. The van der Waals surface area contributed by atoms with Crippen LogP contribution < -0.4 is 5.32 Å². The van der Waals surface area contributed by atoms with Crippen molar-refractivity contribution in [1.29, 1.82) is 0 Å². The highest BCUT2D eigenvalue weighted by atomic mass is 16.5. The first-order valence-electron chi connectivity index (χ1n) is 7.77. The molecule has 0 radical (unpaired) electrons. The van der Waals surface area contributed by atoms with E-state index in [-0.39, 0.29) is 0 Å². The Morgan fingerprint density at radius 3 is 2.56 bits per heavy atom. The van der Waals surface area contributed by atoms with Crippen LogP contribution in [-0.2, 0) is 4.74 Å². The minimum absolute atomic E-state index is 0.473. The van der Waals surface area contributed by atoms with Crippen molar-refractivity contribution in [3.63, 3.8) is 0 Å². The molecule has 2 bridgehead atoms. The van der Waals surface area contributed by atoms with Crippen LogP contribution in [-0.4, -0.2) is 25.3 Å². The average molecular weight is 251 g/mol. The molecule has 18 heavy (non-hydrogen) atoms. The highest BCUT2D eigenvalue weighted by Gasteiger charge is 2.59. The third-order valence-electron chi connectivity index (χ3n) is 6.37. The topological polar surface area (TPSA) is 21.3 Å². The fraction of sp³-hybridized carbons (Fsp3) is 1.00. The van der Waals surface area contributed by atoms with E-state index in [2.05, 4.69) is 33.0 Å². The van der Waals surface area contributed by atoms with Gasteiger partial charge in [-0.15, -0.1) is 0 Å². The average Bonchev–Trinajstić information content (AvgIpc) is 2.96. The molecule has 104 valence electrons. The van der Waals surface area contributed by atoms with Crippen LogP contribution in [0.4, 0.5) is 0 Å². The molecule has 3 rings (SSSR count). The van der Waals surface area contributed by atoms with E-state index >= 15 is 0 Å². The number of rotatable bonds is 3. The smallest absolute Gasteiger partial charge is 0.0509 e. The largest absolute Gasteiger partial charge is 0.381 e. The normalized spacial score (nSPS) is 47.7. The summed E-state index contributed by atoms with van der Waals surface area (Å²) in [7, 11) is 0. The maximum absolute atomic E-state index is 5.54. The van der Waals surface area contributed by atoms with Gasteiger partial charge in [0.2, 0.25) is 0 Å². The Morgan fingerprint density at radius 2 is 2.00 bits per heavy atom. The van der Waals surface area contributed by atoms with Gasteiger partial charge in [0.1, 0.15) is 0 Å². The molecule has 0 aromatic carbocycles. The standard InChI is InChI=1S/C16H29NO/c1-11(12-6-8-18-10-12)17-14-15(2,3)13-5-7-16(14,4)9-13/h11-14,17H,5-10H2,1-4H3/t11?,12?,13-,14?,16+/m0/s1. The van der Waals surface area contributed by atoms with Crippen molar-refractivity contribution in [2.45, 2.75) is 65.5 Å². The van der Waals surface area contributed by atoms with E-state index in [1.54, 1.807) is 0 Å². The summed E-state index contributed by atoms with van der Waals surface area (Å²) in [5, 5.41) is 4.00. The molecule has 1 saturated heterocycles. The van der Waals surface area contributed by atoms with Crippen LogP contribution in [0.3, 0.4) is 0 Å². The Hall–Kier alpha value is -0.0800. The van der Waals surface area contributed by atoms with E-state index in [0.717, 1.165) is 25.0 Å². The molecule has 0 aromatic heterocycles. The number of nitrogens with one attached hydrogen (secondary N) is 1. The maximum Gasteiger partial charge on any atom is 0.0509 e. The number of ether oxygens (including phenoxy) is 1. The van der Waals surface area contributed by atoms with Crippen molar-refractivity contribution in [2.75, 3.05) is 13.2 Å². The summed E-state index contributed by atoms with van der Waals surface area (Å²) in [6.07, 6.45) is 5.54. The zero-order valence-corrected chi connectivity index (χ0v) is 12.5. The second-order valence-corrected chi connectivity index (χ2v) is 7.93. The van der Waals surface area contributed by atoms with Gasteiger partial charge in [-0.25, -0.2) is 0 Å². The van der Waals surface area contributed by atoms with Crippen molar-refractivity contribution < 1.29 is 4.74 Å². The number of hydrogen-bond acceptors (Lipinski definition) is 2. The summed E-state index contributed by atoms with van der Waals surface area (Å²) < 4.78 is 5.54. The van der Waals surface area contributed by atoms with Crippen LogP contribution in [0.1, 0.15) is 53.4 Å². The first-order chi connectivity index (χ1) is 8.43. The van der Waals surface area contributed by atoms with Crippen molar-refractivity contribution in [2.24, 2.45) is 22.7 Å². The van der Waals surface area contributed by atoms with Gasteiger partial charge in [0.05, 0.1) is 6.61 Å². The van der Waals surface area contributed by atoms with E-state index in [1.807, 2.05) is 0 Å².